The van der Waals surface area contributed by atoms with Crippen molar-refractivity contribution in [3.63, 3.8) is 0 Å². The van der Waals surface area contributed by atoms with E-state index < -0.39 is 5.54 Å². The normalized spacial score (nSPS) is 17.3. The maximum absolute atomic E-state index is 13.8. The maximum atomic E-state index is 13.8. The molecular weight excluding hydrogens is 437 g/mol. The van der Waals surface area contributed by atoms with Crippen molar-refractivity contribution in [2.24, 2.45) is 0 Å². The first kappa shape index (κ1) is 21.9. The fraction of sp³-hybridized carbons (Fsp3) is 0.296. The molecule has 6 heteroatoms. The molecule has 4 aromatic rings. The van der Waals surface area contributed by atoms with Gasteiger partial charge in [0, 0.05) is 35.9 Å². The number of halogens is 2. The topological polar surface area (TPSA) is 41.0 Å². The number of aromatic nitrogens is 2. The minimum absolute atomic E-state index is 0.0791. The third kappa shape index (κ3) is 3.79. The molecule has 1 fully saturated rings. The Hall–Kier alpha value is -2.89. The number of piperidine rings is 1. The first-order chi connectivity index (χ1) is 15.9. The molecule has 3 aromatic carbocycles. The van der Waals surface area contributed by atoms with E-state index in [0.29, 0.717) is 5.02 Å². The number of hydrogen-bond acceptors (Lipinski definition) is 2. The van der Waals surface area contributed by atoms with E-state index in [4.69, 9.17) is 11.6 Å². The van der Waals surface area contributed by atoms with Crippen molar-refractivity contribution in [1.82, 2.24) is 14.5 Å². The van der Waals surface area contributed by atoms with Crippen molar-refractivity contribution in [3.8, 4) is 0 Å². The number of H-pyrrole nitrogens is 1. The van der Waals surface area contributed by atoms with E-state index in [9.17, 15) is 9.18 Å². The molecule has 1 aromatic heterocycles. The third-order valence-corrected chi connectivity index (χ3v) is 7.42. The quantitative estimate of drug-likeness (QED) is 0.419. The SMILES string of the molecule is CC(c1cc(Cl)cc2ccccc12)c1c[nH]c(=O)n1C1(c2ccc(F)cc2)CCN(C)CC1. The molecule has 0 aliphatic carbocycles. The molecule has 33 heavy (non-hydrogen) atoms. The molecule has 1 atom stereocenters. The minimum atomic E-state index is -0.546. The van der Waals surface area contributed by atoms with Crippen LogP contribution in [0, 0.1) is 5.82 Å². The Labute approximate surface area is 197 Å². The predicted octanol–water partition coefficient (Wildman–Crippen LogP) is 5.74. The van der Waals surface area contributed by atoms with Gasteiger partial charge in [-0.2, -0.15) is 0 Å². The van der Waals surface area contributed by atoms with Crippen LogP contribution in [0.15, 0.2) is 71.7 Å². The van der Waals surface area contributed by atoms with Crippen molar-refractivity contribution >= 4 is 22.4 Å². The van der Waals surface area contributed by atoms with Gasteiger partial charge in [-0.1, -0.05) is 54.9 Å². The molecule has 0 saturated carbocycles. The van der Waals surface area contributed by atoms with Gasteiger partial charge in [-0.15, -0.1) is 0 Å². The van der Waals surface area contributed by atoms with Gasteiger partial charge in [0.2, 0.25) is 0 Å². The van der Waals surface area contributed by atoms with Gasteiger partial charge in [0.15, 0.2) is 0 Å². The van der Waals surface area contributed by atoms with Crippen LogP contribution in [0.5, 0.6) is 0 Å². The van der Waals surface area contributed by atoms with Crippen LogP contribution < -0.4 is 5.69 Å². The van der Waals surface area contributed by atoms with Crippen LogP contribution in [-0.4, -0.2) is 34.6 Å². The van der Waals surface area contributed by atoms with E-state index in [1.165, 1.54) is 12.1 Å². The number of likely N-dealkylation sites (tertiary alicyclic amines) is 1. The number of nitrogens with one attached hydrogen (secondary N) is 1. The number of fused-ring (bicyclic) bond motifs is 1. The highest BCUT2D eigenvalue weighted by molar-refractivity contribution is 6.31. The predicted molar refractivity (Wildman–Crippen MR) is 132 cm³/mol. The lowest BCUT2D eigenvalue weighted by Crippen LogP contribution is -2.49. The summed E-state index contributed by atoms with van der Waals surface area (Å²) in [6, 6.07) is 18.8. The summed E-state index contributed by atoms with van der Waals surface area (Å²) in [4.78, 5) is 18.5. The third-order valence-electron chi connectivity index (χ3n) is 7.20. The summed E-state index contributed by atoms with van der Waals surface area (Å²) in [6.45, 7) is 3.82. The Morgan fingerprint density at radius 2 is 1.76 bits per heavy atom. The van der Waals surface area contributed by atoms with Crippen molar-refractivity contribution in [3.05, 3.63) is 105 Å². The van der Waals surface area contributed by atoms with Gasteiger partial charge in [0.05, 0.1) is 5.54 Å². The molecule has 0 amide bonds. The second-order valence-electron chi connectivity index (χ2n) is 9.13. The molecule has 170 valence electrons. The summed E-state index contributed by atoms with van der Waals surface area (Å²) in [5, 5.41) is 2.87. The van der Waals surface area contributed by atoms with Gasteiger partial charge in [0.1, 0.15) is 5.82 Å². The van der Waals surface area contributed by atoms with Crippen LogP contribution in [0.1, 0.15) is 42.5 Å². The Kier molecular flexibility index (Phi) is 5.63. The number of benzene rings is 3. The molecule has 1 N–H and O–H groups in total. The van der Waals surface area contributed by atoms with Crippen LogP contribution >= 0.6 is 11.6 Å². The average molecular weight is 464 g/mol. The standard InChI is InChI=1S/C27H27ClFN3O/c1-18(24-16-21(28)15-19-5-3-4-6-23(19)24)25-17-30-26(33)32(25)27(11-13-31(2)14-12-27)20-7-9-22(29)10-8-20/h3-10,15-18H,11-14H2,1-2H3,(H,30,33). The maximum Gasteiger partial charge on any atom is 0.326 e. The zero-order valence-corrected chi connectivity index (χ0v) is 19.6. The summed E-state index contributed by atoms with van der Waals surface area (Å²) < 4.78 is 15.7. The fourth-order valence-corrected chi connectivity index (χ4v) is 5.59. The van der Waals surface area contributed by atoms with E-state index in [-0.39, 0.29) is 17.4 Å². The van der Waals surface area contributed by atoms with Crippen molar-refractivity contribution in [1.29, 1.82) is 0 Å². The van der Waals surface area contributed by atoms with Crippen LogP contribution in [0.3, 0.4) is 0 Å². The minimum Gasteiger partial charge on any atom is -0.312 e. The Bertz CT molecular complexity index is 1350. The molecular formula is C27H27ClFN3O. The molecule has 4 nitrogen and oxygen atoms in total. The summed E-state index contributed by atoms with van der Waals surface area (Å²) >= 11 is 6.49. The smallest absolute Gasteiger partial charge is 0.312 e. The Morgan fingerprint density at radius 1 is 1.06 bits per heavy atom. The van der Waals surface area contributed by atoms with E-state index in [0.717, 1.165) is 53.5 Å². The van der Waals surface area contributed by atoms with Gasteiger partial charge < -0.3 is 9.88 Å². The summed E-state index contributed by atoms with van der Waals surface area (Å²) in [5.74, 6) is -0.355. The lowest BCUT2D eigenvalue weighted by molar-refractivity contribution is 0.156. The highest BCUT2D eigenvalue weighted by Crippen LogP contribution is 2.40. The lowest BCUT2D eigenvalue weighted by Gasteiger charge is -2.43. The highest BCUT2D eigenvalue weighted by Gasteiger charge is 2.40. The molecule has 2 heterocycles. The first-order valence-electron chi connectivity index (χ1n) is 11.3. The molecule has 1 aliphatic heterocycles. The number of imidazole rings is 1. The molecule has 0 spiro atoms. The van der Waals surface area contributed by atoms with E-state index in [2.05, 4.69) is 36.0 Å². The van der Waals surface area contributed by atoms with E-state index in [1.54, 1.807) is 0 Å². The van der Waals surface area contributed by atoms with Crippen molar-refractivity contribution in [2.45, 2.75) is 31.2 Å². The van der Waals surface area contributed by atoms with Gasteiger partial charge >= 0.3 is 5.69 Å². The zero-order valence-electron chi connectivity index (χ0n) is 18.8. The molecule has 1 aliphatic rings. The summed E-state index contributed by atoms with van der Waals surface area (Å²) in [5.41, 5.74) is 2.25. The van der Waals surface area contributed by atoms with Gasteiger partial charge in [-0.3, -0.25) is 4.57 Å². The number of rotatable bonds is 4. The Balaban J connectivity index is 1.70. The van der Waals surface area contributed by atoms with Crippen molar-refractivity contribution in [2.75, 3.05) is 20.1 Å². The molecule has 1 saturated heterocycles. The second-order valence-corrected chi connectivity index (χ2v) is 9.57. The fourth-order valence-electron chi connectivity index (χ4n) is 5.35. The van der Waals surface area contributed by atoms with Crippen molar-refractivity contribution < 1.29 is 4.39 Å². The number of nitrogens with zero attached hydrogens (tertiary/aromatic N) is 2. The molecule has 0 radical (unpaired) electrons. The van der Waals surface area contributed by atoms with Gasteiger partial charge in [-0.25, -0.2) is 9.18 Å². The zero-order chi connectivity index (χ0) is 23.2. The first-order valence-corrected chi connectivity index (χ1v) is 11.7. The highest BCUT2D eigenvalue weighted by atomic mass is 35.5. The monoisotopic (exact) mass is 463 g/mol. The van der Waals surface area contributed by atoms with Crippen LogP contribution in [-0.2, 0) is 5.54 Å². The van der Waals surface area contributed by atoms with Crippen LogP contribution in [0.2, 0.25) is 5.02 Å². The molecule has 1 unspecified atom stereocenters. The average Bonchev–Trinajstić information content (AvgIpc) is 3.21. The van der Waals surface area contributed by atoms with Crippen LogP contribution in [0.25, 0.3) is 10.8 Å². The summed E-state index contributed by atoms with van der Waals surface area (Å²) in [7, 11) is 2.09. The molecule has 5 rings (SSSR count). The van der Waals surface area contributed by atoms with Crippen LogP contribution in [0.4, 0.5) is 4.39 Å². The van der Waals surface area contributed by atoms with Gasteiger partial charge in [-0.05, 0) is 66.1 Å². The molecule has 0 bridgehead atoms. The largest absolute Gasteiger partial charge is 0.326 e. The van der Waals surface area contributed by atoms with E-state index in [1.807, 2.05) is 47.2 Å². The Morgan fingerprint density at radius 3 is 2.48 bits per heavy atom. The summed E-state index contributed by atoms with van der Waals surface area (Å²) in [6.07, 6.45) is 3.36. The number of aromatic amines is 1. The van der Waals surface area contributed by atoms with E-state index >= 15 is 0 Å². The van der Waals surface area contributed by atoms with Gasteiger partial charge in [0.25, 0.3) is 0 Å². The lowest BCUT2D eigenvalue weighted by atomic mass is 9.79. The number of hydrogen-bond donors (Lipinski definition) is 1. The second kappa shape index (κ2) is 8.47.